The van der Waals surface area contributed by atoms with Crippen molar-refractivity contribution >= 4 is 28.1 Å². The summed E-state index contributed by atoms with van der Waals surface area (Å²) in [5, 5.41) is 5.62. The molecule has 0 bridgehead atoms. The molecular weight excluding hydrogens is 430 g/mol. The number of methoxy groups -OCH3 is 4. The Kier molecular flexibility index (Phi) is 6.36. The summed E-state index contributed by atoms with van der Waals surface area (Å²) in [5.74, 6) is 2.53. The minimum Gasteiger partial charge on any atom is -0.493 e. The van der Waals surface area contributed by atoms with Gasteiger partial charge in [-0.15, -0.1) is 11.3 Å². The normalized spacial score (nSPS) is 12.7. The zero-order valence-electron chi connectivity index (χ0n) is 18.4. The average molecular weight is 456 g/mol. The van der Waals surface area contributed by atoms with Crippen LogP contribution in [0.5, 0.6) is 23.0 Å². The fourth-order valence-corrected chi connectivity index (χ4v) is 4.39. The fourth-order valence-electron chi connectivity index (χ4n) is 3.69. The summed E-state index contributed by atoms with van der Waals surface area (Å²) in [4.78, 5) is 19.4. The Morgan fingerprint density at radius 1 is 0.938 bits per heavy atom. The number of aromatic nitrogens is 1. The molecule has 1 amide bonds. The summed E-state index contributed by atoms with van der Waals surface area (Å²) in [7, 11) is 6.41. The van der Waals surface area contributed by atoms with Gasteiger partial charge in [0.05, 0.1) is 28.4 Å². The number of hydrogen-bond donors (Lipinski definition) is 1. The highest BCUT2D eigenvalue weighted by atomic mass is 32.1. The number of thiazole rings is 1. The van der Waals surface area contributed by atoms with Crippen molar-refractivity contribution in [3.63, 3.8) is 0 Å². The van der Waals surface area contributed by atoms with Crippen molar-refractivity contribution in [3.05, 3.63) is 52.5 Å². The number of rotatable bonds is 7. The van der Waals surface area contributed by atoms with E-state index in [1.807, 2.05) is 35.2 Å². The SMILES string of the molecule is COc1ccc(Nc2nc(C(=O)N3CCc4cc(OC)c(OC)cc4C3)cs2)cc1OC. The molecule has 1 N–H and O–H groups in total. The zero-order valence-corrected chi connectivity index (χ0v) is 19.2. The zero-order chi connectivity index (χ0) is 22.7. The molecule has 0 radical (unpaired) electrons. The topological polar surface area (TPSA) is 82.2 Å². The van der Waals surface area contributed by atoms with Gasteiger partial charge in [-0.3, -0.25) is 4.79 Å². The molecule has 1 aliphatic heterocycles. The van der Waals surface area contributed by atoms with Crippen molar-refractivity contribution in [2.24, 2.45) is 0 Å². The summed E-state index contributed by atoms with van der Waals surface area (Å²) in [5.41, 5.74) is 3.44. The number of nitrogens with one attached hydrogen (secondary N) is 1. The maximum Gasteiger partial charge on any atom is 0.273 e. The molecule has 9 heteroatoms. The van der Waals surface area contributed by atoms with Gasteiger partial charge in [0.2, 0.25) is 0 Å². The number of amides is 1. The van der Waals surface area contributed by atoms with Crippen LogP contribution in [-0.2, 0) is 13.0 Å². The van der Waals surface area contributed by atoms with Crippen LogP contribution in [0, 0.1) is 0 Å². The van der Waals surface area contributed by atoms with Crippen LogP contribution in [0.15, 0.2) is 35.7 Å². The third-order valence-corrected chi connectivity index (χ3v) is 6.12. The third-order valence-electron chi connectivity index (χ3n) is 5.36. The Bertz CT molecular complexity index is 1130. The van der Waals surface area contributed by atoms with Crippen molar-refractivity contribution < 1.29 is 23.7 Å². The number of nitrogens with zero attached hydrogens (tertiary/aromatic N) is 2. The molecule has 0 spiro atoms. The van der Waals surface area contributed by atoms with Crippen LogP contribution in [0.1, 0.15) is 21.6 Å². The number of hydrogen-bond acceptors (Lipinski definition) is 8. The van der Waals surface area contributed by atoms with E-state index in [-0.39, 0.29) is 5.91 Å². The Morgan fingerprint density at radius 3 is 2.28 bits per heavy atom. The lowest BCUT2D eigenvalue weighted by atomic mass is 9.98. The molecule has 32 heavy (non-hydrogen) atoms. The van der Waals surface area contributed by atoms with E-state index >= 15 is 0 Å². The molecule has 0 saturated heterocycles. The van der Waals surface area contributed by atoms with Crippen LogP contribution in [-0.4, -0.2) is 50.8 Å². The molecule has 0 fully saturated rings. The van der Waals surface area contributed by atoms with Crippen molar-refractivity contribution in [1.82, 2.24) is 9.88 Å². The maximum atomic E-state index is 13.1. The molecule has 0 unspecified atom stereocenters. The highest BCUT2D eigenvalue weighted by Gasteiger charge is 2.25. The summed E-state index contributed by atoms with van der Waals surface area (Å²) in [6, 6.07) is 9.44. The number of fused-ring (bicyclic) bond motifs is 1. The van der Waals surface area contributed by atoms with Gasteiger partial charge in [-0.25, -0.2) is 4.98 Å². The van der Waals surface area contributed by atoms with Crippen LogP contribution in [0.25, 0.3) is 0 Å². The standard InChI is InChI=1S/C23H25N3O5S/c1-28-18-6-5-16(11-21(18)31-4)24-23-25-17(13-32-23)22(27)26-8-7-14-9-19(29-2)20(30-3)10-15(14)12-26/h5-6,9-11,13H,7-8,12H2,1-4H3,(H,24,25). The molecule has 0 atom stereocenters. The van der Waals surface area contributed by atoms with Gasteiger partial charge in [-0.1, -0.05) is 0 Å². The lowest BCUT2D eigenvalue weighted by Crippen LogP contribution is -2.36. The number of carbonyl (C=O) groups excluding carboxylic acids is 1. The predicted octanol–water partition coefficient (Wildman–Crippen LogP) is 4.12. The first kappa shape index (κ1) is 21.8. The van der Waals surface area contributed by atoms with E-state index in [2.05, 4.69) is 10.3 Å². The maximum absolute atomic E-state index is 13.1. The van der Waals surface area contributed by atoms with Gasteiger partial charge in [0, 0.05) is 30.2 Å². The molecule has 2 aromatic carbocycles. The molecule has 8 nitrogen and oxygen atoms in total. The van der Waals surface area contributed by atoms with Crippen molar-refractivity contribution in [1.29, 1.82) is 0 Å². The fraction of sp³-hybridized carbons (Fsp3) is 0.304. The third kappa shape index (κ3) is 4.29. The molecule has 4 rings (SSSR count). The summed E-state index contributed by atoms with van der Waals surface area (Å²) in [6.45, 7) is 1.13. The monoisotopic (exact) mass is 455 g/mol. The minimum atomic E-state index is -0.0953. The van der Waals surface area contributed by atoms with Crippen LogP contribution >= 0.6 is 11.3 Å². The number of anilines is 2. The van der Waals surface area contributed by atoms with E-state index in [9.17, 15) is 4.79 Å². The second kappa shape index (κ2) is 9.35. The van der Waals surface area contributed by atoms with Gasteiger partial charge in [0.25, 0.3) is 5.91 Å². The average Bonchev–Trinajstić information content (AvgIpc) is 3.30. The quantitative estimate of drug-likeness (QED) is 0.574. The second-order valence-electron chi connectivity index (χ2n) is 7.19. The van der Waals surface area contributed by atoms with E-state index in [1.54, 1.807) is 33.8 Å². The minimum absolute atomic E-state index is 0.0953. The predicted molar refractivity (Wildman–Crippen MR) is 123 cm³/mol. The molecule has 0 aliphatic carbocycles. The molecule has 168 valence electrons. The highest BCUT2D eigenvalue weighted by Crippen LogP contribution is 2.34. The Morgan fingerprint density at radius 2 is 1.59 bits per heavy atom. The summed E-state index contributed by atoms with van der Waals surface area (Å²) < 4.78 is 21.4. The van der Waals surface area contributed by atoms with Crippen LogP contribution in [0.4, 0.5) is 10.8 Å². The molecular formula is C23H25N3O5S. The second-order valence-corrected chi connectivity index (χ2v) is 8.04. The van der Waals surface area contributed by atoms with Crippen LogP contribution in [0.3, 0.4) is 0 Å². The smallest absolute Gasteiger partial charge is 0.273 e. The largest absolute Gasteiger partial charge is 0.493 e. The van der Waals surface area contributed by atoms with Gasteiger partial charge in [-0.2, -0.15) is 0 Å². The molecule has 3 aromatic rings. The van der Waals surface area contributed by atoms with E-state index < -0.39 is 0 Å². The Hall–Kier alpha value is -3.46. The van der Waals surface area contributed by atoms with E-state index in [0.29, 0.717) is 46.9 Å². The summed E-state index contributed by atoms with van der Waals surface area (Å²) in [6.07, 6.45) is 0.752. The lowest BCUT2D eigenvalue weighted by Gasteiger charge is -2.29. The van der Waals surface area contributed by atoms with E-state index in [0.717, 1.165) is 17.7 Å². The number of benzene rings is 2. The molecule has 1 aromatic heterocycles. The van der Waals surface area contributed by atoms with Gasteiger partial charge in [0.15, 0.2) is 28.1 Å². The molecule has 0 saturated carbocycles. The first-order chi connectivity index (χ1) is 15.6. The van der Waals surface area contributed by atoms with Crippen molar-refractivity contribution in [2.45, 2.75) is 13.0 Å². The first-order valence-corrected chi connectivity index (χ1v) is 10.9. The highest BCUT2D eigenvalue weighted by molar-refractivity contribution is 7.14. The molecule has 2 heterocycles. The number of ether oxygens (including phenoxy) is 4. The van der Waals surface area contributed by atoms with Crippen LogP contribution in [0.2, 0.25) is 0 Å². The Labute approximate surface area is 190 Å². The van der Waals surface area contributed by atoms with Crippen LogP contribution < -0.4 is 24.3 Å². The van der Waals surface area contributed by atoms with Gasteiger partial charge in [0.1, 0.15) is 5.69 Å². The van der Waals surface area contributed by atoms with Gasteiger partial charge in [-0.05, 0) is 41.8 Å². The lowest BCUT2D eigenvalue weighted by molar-refractivity contribution is 0.0729. The first-order valence-electron chi connectivity index (χ1n) is 10.0. The van der Waals surface area contributed by atoms with E-state index in [4.69, 9.17) is 18.9 Å². The van der Waals surface area contributed by atoms with Gasteiger partial charge < -0.3 is 29.2 Å². The molecule has 1 aliphatic rings. The van der Waals surface area contributed by atoms with Crippen molar-refractivity contribution in [3.8, 4) is 23.0 Å². The number of carbonyl (C=O) groups is 1. The van der Waals surface area contributed by atoms with Crippen molar-refractivity contribution in [2.75, 3.05) is 40.3 Å². The van der Waals surface area contributed by atoms with Gasteiger partial charge >= 0.3 is 0 Å². The van der Waals surface area contributed by atoms with E-state index in [1.165, 1.54) is 16.9 Å². The summed E-state index contributed by atoms with van der Waals surface area (Å²) >= 11 is 1.38. The Balaban J connectivity index is 1.47.